The van der Waals surface area contributed by atoms with Gasteiger partial charge in [-0.15, -0.1) is 0 Å². The van der Waals surface area contributed by atoms with Crippen LogP contribution in [-0.4, -0.2) is 53.1 Å². The number of aromatic nitrogens is 2. The van der Waals surface area contributed by atoms with Gasteiger partial charge in [0.2, 0.25) is 0 Å². The second-order valence-corrected chi connectivity index (χ2v) is 8.22. The van der Waals surface area contributed by atoms with Gasteiger partial charge in [-0.25, -0.2) is 9.97 Å². The van der Waals surface area contributed by atoms with Gasteiger partial charge in [0.15, 0.2) is 11.2 Å². The Labute approximate surface area is 169 Å². The van der Waals surface area contributed by atoms with Gasteiger partial charge in [0.1, 0.15) is 16.1 Å². The molecule has 1 aliphatic rings. The molecule has 3 heterocycles. The van der Waals surface area contributed by atoms with Crippen LogP contribution in [0.3, 0.4) is 0 Å². The van der Waals surface area contributed by atoms with E-state index in [0.29, 0.717) is 18.8 Å². The number of hydrogen-bond donors (Lipinski definition) is 0. The van der Waals surface area contributed by atoms with E-state index in [4.69, 9.17) is 4.74 Å². The molecule has 0 saturated carbocycles. The molecule has 6 nitrogen and oxygen atoms in total. The number of thiazole rings is 1. The lowest BCUT2D eigenvalue weighted by Crippen LogP contribution is -2.52. The fourth-order valence-corrected chi connectivity index (χ4v) is 4.26. The number of piperazine rings is 1. The molecule has 1 unspecified atom stereocenters. The van der Waals surface area contributed by atoms with Gasteiger partial charge in [-0.05, 0) is 43.3 Å². The number of fused-ring (bicyclic) bond motifs is 1. The normalized spacial score (nSPS) is 15.8. The molecule has 1 aliphatic heterocycles. The van der Waals surface area contributed by atoms with Crippen LogP contribution in [0.25, 0.3) is 10.3 Å². The third kappa shape index (κ3) is 4.06. The molecule has 1 aromatic carbocycles. The van der Waals surface area contributed by atoms with Crippen molar-refractivity contribution in [3.63, 3.8) is 0 Å². The molecule has 2 aromatic heterocycles. The smallest absolute Gasteiger partial charge is 0.263 e. The van der Waals surface area contributed by atoms with Crippen LogP contribution in [0.1, 0.15) is 6.92 Å². The Morgan fingerprint density at radius 1 is 1.19 bits per heavy atom. The number of nitrogens with zero attached hydrogens (tertiary/aromatic N) is 4. The molecule has 8 heteroatoms. The van der Waals surface area contributed by atoms with Gasteiger partial charge in [-0.3, -0.25) is 4.79 Å². The molecule has 0 bridgehead atoms. The van der Waals surface area contributed by atoms with Gasteiger partial charge >= 0.3 is 0 Å². The number of ether oxygens (including phenoxy) is 1. The second-order valence-electron chi connectivity index (χ2n) is 6.35. The molecular weight excluding hydrogens is 428 g/mol. The van der Waals surface area contributed by atoms with Crippen molar-refractivity contribution in [2.45, 2.75) is 13.0 Å². The topological polar surface area (TPSA) is 58.6 Å². The summed E-state index contributed by atoms with van der Waals surface area (Å²) in [6, 6.07) is 11.4. The van der Waals surface area contributed by atoms with E-state index in [1.807, 2.05) is 41.3 Å². The Balaban J connectivity index is 1.35. The molecule has 4 rings (SSSR count). The van der Waals surface area contributed by atoms with Gasteiger partial charge in [0.05, 0.1) is 0 Å². The monoisotopic (exact) mass is 446 g/mol. The van der Waals surface area contributed by atoms with Crippen molar-refractivity contribution in [3.05, 3.63) is 47.1 Å². The minimum Gasteiger partial charge on any atom is -0.481 e. The van der Waals surface area contributed by atoms with Crippen molar-refractivity contribution >= 4 is 48.7 Å². The summed E-state index contributed by atoms with van der Waals surface area (Å²) in [4.78, 5) is 26.7. The molecule has 140 valence electrons. The molecule has 27 heavy (non-hydrogen) atoms. The number of benzene rings is 1. The minimum atomic E-state index is -0.510. The summed E-state index contributed by atoms with van der Waals surface area (Å²) < 4.78 is 6.77. The molecule has 1 amide bonds. The van der Waals surface area contributed by atoms with Crippen molar-refractivity contribution in [3.8, 4) is 5.75 Å². The molecule has 0 aliphatic carbocycles. The van der Waals surface area contributed by atoms with Gasteiger partial charge in [-0.1, -0.05) is 27.3 Å². The predicted octanol–water partition coefficient (Wildman–Crippen LogP) is 3.57. The van der Waals surface area contributed by atoms with Crippen LogP contribution in [0.4, 0.5) is 5.13 Å². The average Bonchev–Trinajstić information content (AvgIpc) is 3.13. The molecule has 0 N–H and O–H groups in total. The lowest BCUT2D eigenvalue weighted by Gasteiger charge is -2.35. The van der Waals surface area contributed by atoms with Crippen LogP contribution in [0.15, 0.2) is 47.1 Å². The first-order valence-corrected chi connectivity index (χ1v) is 10.4. The van der Waals surface area contributed by atoms with Crippen molar-refractivity contribution in [1.82, 2.24) is 14.9 Å². The van der Waals surface area contributed by atoms with Gasteiger partial charge in [0, 0.05) is 36.8 Å². The van der Waals surface area contributed by atoms with Crippen LogP contribution < -0.4 is 9.64 Å². The van der Waals surface area contributed by atoms with E-state index in [-0.39, 0.29) is 5.91 Å². The summed E-state index contributed by atoms with van der Waals surface area (Å²) in [7, 11) is 0. The third-order valence-corrected chi connectivity index (χ3v) is 6.06. The number of rotatable bonds is 4. The molecule has 0 radical (unpaired) electrons. The van der Waals surface area contributed by atoms with E-state index in [1.165, 1.54) is 0 Å². The van der Waals surface area contributed by atoms with E-state index in [9.17, 15) is 4.79 Å². The van der Waals surface area contributed by atoms with E-state index in [2.05, 4.69) is 30.8 Å². The highest BCUT2D eigenvalue weighted by Gasteiger charge is 2.27. The second kappa shape index (κ2) is 7.82. The quantitative estimate of drug-likeness (QED) is 0.612. The van der Waals surface area contributed by atoms with E-state index >= 15 is 0 Å². The van der Waals surface area contributed by atoms with Crippen molar-refractivity contribution in [2.75, 3.05) is 31.1 Å². The van der Waals surface area contributed by atoms with Crippen LogP contribution >= 0.6 is 27.3 Å². The Hall–Kier alpha value is -2.19. The first-order chi connectivity index (χ1) is 13.1. The van der Waals surface area contributed by atoms with E-state index in [0.717, 1.165) is 33.0 Å². The highest BCUT2D eigenvalue weighted by atomic mass is 79.9. The van der Waals surface area contributed by atoms with E-state index < -0.39 is 6.10 Å². The summed E-state index contributed by atoms with van der Waals surface area (Å²) in [6.45, 7) is 4.65. The number of carbonyl (C=O) groups excluding carboxylic acids is 1. The molecule has 1 fully saturated rings. The Kier molecular flexibility index (Phi) is 5.27. The average molecular weight is 447 g/mol. The van der Waals surface area contributed by atoms with Crippen LogP contribution in [0.5, 0.6) is 5.75 Å². The zero-order valence-electron chi connectivity index (χ0n) is 14.8. The Morgan fingerprint density at radius 3 is 2.63 bits per heavy atom. The number of anilines is 1. The lowest BCUT2D eigenvalue weighted by atomic mass is 10.2. The summed E-state index contributed by atoms with van der Waals surface area (Å²) in [5.41, 5.74) is 0.924. The fraction of sp³-hybridized carbons (Fsp3) is 0.316. The van der Waals surface area contributed by atoms with Crippen LogP contribution in [-0.2, 0) is 4.79 Å². The summed E-state index contributed by atoms with van der Waals surface area (Å²) in [5.74, 6) is 0.711. The zero-order chi connectivity index (χ0) is 18.8. The number of amides is 1. The first-order valence-electron chi connectivity index (χ1n) is 8.78. The number of halogens is 1. The van der Waals surface area contributed by atoms with Crippen LogP contribution in [0.2, 0.25) is 0 Å². The first kappa shape index (κ1) is 18.2. The summed E-state index contributed by atoms with van der Waals surface area (Å²) >= 11 is 4.99. The number of pyridine rings is 1. The Bertz CT molecular complexity index is 905. The largest absolute Gasteiger partial charge is 0.481 e. The molecule has 3 aromatic rings. The highest BCUT2D eigenvalue weighted by molar-refractivity contribution is 9.10. The SMILES string of the molecule is CC(Oc1ccc(Br)cc1)C(=O)N1CCN(c2nc3cccnc3s2)CC1. The molecule has 1 saturated heterocycles. The lowest BCUT2D eigenvalue weighted by molar-refractivity contribution is -0.138. The van der Waals surface area contributed by atoms with Crippen molar-refractivity contribution < 1.29 is 9.53 Å². The van der Waals surface area contributed by atoms with Crippen molar-refractivity contribution in [1.29, 1.82) is 0 Å². The van der Waals surface area contributed by atoms with Gasteiger partial charge < -0.3 is 14.5 Å². The zero-order valence-corrected chi connectivity index (χ0v) is 17.2. The summed E-state index contributed by atoms with van der Waals surface area (Å²) in [6.07, 6.45) is 1.28. The maximum atomic E-state index is 12.7. The Morgan fingerprint density at radius 2 is 1.93 bits per heavy atom. The van der Waals surface area contributed by atoms with Crippen molar-refractivity contribution in [2.24, 2.45) is 0 Å². The third-order valence-electron chi connectivity index (χ3n) is 4.49. The van der Waals surface area contributed by atoms with E-state index in [1.54, 1.807) is 24.5 Å². The highest BCUT2D eigenvalue weighted by Crippen LogP contribution is 2.27. The maximum absolute atomic E-state index is 12.7. The van der Waals surface area contributed by atoms with Gasteiger partial charge in [-0.2, -0.15) is 0 Å². The number of hydrogen-bond acceptors (Lipinski definition) is 6. The van der Waals surface area contributed by atoms with Gasteiger partial charge in [0.25, 0.3) is 5.91 Å². The fourth-order valence-electron chi connectivity index (χ4n) is 3.04. The molecular formula is C19H19BrN4O2S. The standard InChI is InChI=1S/C19H19BrN4O2S/c1-13(26-15-6-4-14(20)5-7-15)18(25)23-9-11-24(12-10-23)19-22-16-3-2-8-21-17(16)27-19/h2-8,13H,9-12H2,1H3. The predicted molar refractivity (Wildman–Crippen MR) is 110 cm³/mol. The maximum Gasteiger partial charge on any atom is 0.263 e. The molecule has 0 spiro atoms. The number of carbonyl (C=O) groups is 1. The van der Waals surface area contributed by atoms with Crippen LogP contribution in [0, 0.1) is 0 Å². The summed E-state index contributed by atoms with van der Waals surface area (Å²) in [5, 5.41) is 0.968. The molecule has 1 atom stereocenters. The minimum absolute atomic E-state index is 0.0172.